The van der Waals surface area contributed by atoms with E-state index < -0.39 is 28.5 Å². The third kappa shape index (κ3) is 7.72. The zero-order chi connectivity index (χ0) is 27.7. The number of carbonyl (C=O) groups is 2. The van der Waals surface area contributed by atoms with E-state index in [4.69, 9.17) is 23.2 Å². The fourth-order valence-electron chi connectivity index (χ4n) is 3.78. The number of rotatable bonds is 12. The van der Waals surface area contributed by atoms with Gasteiger partial charge in [-0.15, -0.1) is 0 Å². The number of hydrogen-bond donors (Lipinski definition) is 1. The standard InChI is InChI=1S/C28H31Cl2N3O4S/c1-3-4-17-31-28(35)21(2)32(19-22-13-15-23(29)16-14-22)27(34)20-33(25-10-8-9-24(30)18-25)38(36,37)26-11-6-5-7-12-26/h5-16,18,21H,3-4,17,19-20H2,1-2H3,(H,31,35). The third-order valence-electron chi connectivity index (χ3n) is 5.97. The lowest BCUT2D eigenvalue weighted by Gasteiger charge is -2.32. The molecule has 3 aromatic rings. The van der Waals surface area contributed by atoms with Crippen LogP contribution in [0.2, 0.25) is 10.0 Å². The summed E-state index contributed by atoms with van der Waals surface area (Å²) in [5.41, 5.74) is 0.984. The molecule has 0 heterocycles. The Morgan fingerprint density at radius 2 is 1.61 bits per heavy atom. The Hall–Kier alpha value is -3.07. The number of halogens is 2. The van der Waals surface area contributed by atoms with Crippen LogP contribution >= 0.6 is 23.2 Å². The van der Waals surface area contributed by atoms with Crippen LogP contribution in [0.15, 0.2) is 83.8 Å². The van der Waals surface area contributed by atoms with Gasteiger partial charge in [0.25, 0.3) is 10.0 Å². The number of nitrogens with zero attached hydrogens (tertiary/aromatic N) is 2. The lowest BCUT2D eigenvalue weighted by molar-refractivity contribution is -0.139. The van der Waals surface area contributed by atoms with Gasteiger partial charge in [0.1, 0.15) is 12.6 Å². The first kappa shape index (κ1) is 29.5. The molecule has 7 nitrogen and oxygen atoms in total. The first-order chi connectivity index (χ1) is 18.1. The molecule has 1 N–H and O–H groups in total. The molecule has 0 fully saturated rings. The minimum atomic E-state index is -4.13. The van der Waals surface area contributed by atoms with Gasteiger partial charge >= 0.3 is 0 Å². The van der Waals surface area contributed by atoms with E-state index in [2.05, 4.69) is 5.32 Å². The summed E-state index contributed by atoms with van der Waals surface area (Å²) in [5, 5.41) is 3.72. The maximum Gasteiger partial charge on any atom is 0.264 e. The van der Waals surface area contributed by atoms with Crippen molar-refractivity contribution >= 4 is 50.7 Å². The second-order valence-corrected chi connectivity index (χ2v) is 11.5. The fourth-order valence-corrected chi connectivity index (χ4v) is 5.52. The summed E-state index contributed by atoms with van der Waals surface area (Å²) in [5.74, 6) is -0.862. The van der Waals surface area contributed by atoms with Crippen LogP contribution in [-0.2, 0) is 26.2 Å². The van der Waals surface area contributed by atoms with Crippen molar-refractivity contribution in [1.82, 2.24) is 10.2 Å². The topological polar surface area (TPSA) is 86.8 Å². The van der Waals surface area contributed by atoms with Crippen molar-refractivity contribution in [2.45, 2.75) is 44.2 Å². The Morgan fingerprint density at radius 3 is 2.24 bits per heavy atom. The number of hydrogen-bond acceptors (Lipinski definition) is 4. The van der Waals surface area contributed by atoms with Crippen molar-refractivity contribution < 1.29 is 18.0 Å². The highest BCUT2D eigenvalue weighted by atomic mass is 35.5. The molecule has 0 bridgehead atoms. The highest BCUT2D eigenvalue weighted by molar-refractivity contribution is 7.92. The molecule has 2 amide bonds. The second kappa shape index (κ2) is 13.6. The largest absolute Gasteiger partial charge is 0.354 e. The molecule has 1 unspecified atom stereocenters. The van der Waals surface area contributed by atoms with E-state index in [0.29, 0.717) is 16.6 Å². The summed E-state index contributed by atoms with van der Waals surface area (Å²) in [6, 6.07) is 20.2. The summed E-state index contributed by atoms with van der Waals surface area (Å²) < 4.78 is 28.4. The van der Waals surface area contributed by atoms with Crippen molar-refractivity contribution in [2.24, 2.45) is 0 Å². The first-order valence-electron chi connectivity index (χ1n) is 12.3. The van der Waals surface area contributed by atoms with E-state index in [1.807, 2.05) is 6.92 Å². The SMILES string of the molecule is CCCCNC(=O)C(C)N(Cc1ccc(Cl)cc1)C(=O)CN(c1cccc(Cl)c1)S(=O)(=O)c1ccccc1. The predicted octanol–water partition coefficient (Wildman–Crippen LogP) is 5.52. The van der Waals surface area contributed by atoms with Gasteiger partial charge in [0.15, 0.2) is 0 Å². The van der Waals surface area contributed by atoms with Crippen LogP contribution < -0.4 is 9.62 Å². The Bertz CT molecular complexity index is 1340. The highest BCUT2D eigenvalue weighted by Gasteiger charge is 2.32. The molecule has 38 heavy (non-hydrogen) atoms. The number of nitrogens with one attached hydrogen (secondary N) is 1. The molecule has 0 saturated heterocycles. The van der Waals surface area contributed by atoms with Crippen LogP contribution in [0.1, 0.15) is 32.3 Å². The Kier molecular flexibility index (Phi) is 10.6. The predicted molar refractivity (Wildman–Crippen MR) is 152 cm³/mol. The van der Waals surface area contributed by atoms with Gasteiger partial charge in [-0.05, 0) is 61.4 Å². The first-order valence-corrected chi connectivity index (χ1v) is 14.5. The number of unbranched alkanes of at least 4 members (excludes halogenated alkanes) is 1. The third-order valence-corrected chi connectivity index (χ3v) is 8.24. The van der Waals surface area contributed by atoms with Crippen molar-refractivity contribution in [2.75, 3.05) is 17.4 Å². The van der Waals surface area contributed by atoms with E-state index in [1.54, 1.807) is 67.6 Å². The van der Waals surface area contributed by atoms with Gasteiger partial charge in [0.05, 0.1) is 10.6 Å². The maximum atomic E-state index is 13.8. The van der Waals surface area contributed by atoms with Crippen molar-refractivity contribution in [3.63, 3.8) is 0 Å². The van der Waals surface area contributed by atoms with E-state index in [0.717, 1.165) is 22.7 Å². The number of carbonyl (C=O) groups excluding carboxylic acids is 2. The number of amides is 2. The van der Waals surface area contributed by atoms with Crippen LogP contribution in [0.3, 0.4) is 0 Å². The molecule has 0 aliphatic carbocycles. The number of sulfonamides is 1. The number of benzene rings is 3. The average molecular weight is 577 g/mol. The van der Waals surface area contributed by atoms with Crippen LogP contribution in [0.5, 0.6) is 0 Å². The lowest BCUT2D eigenvalue weighted by atomic mass is 10.1. The van der Waals surface area contributed by atoms with Gasteiger partial charge in [-0.25, -0.2) is 8.42 Å². The van der Waals surface area contributed by atoms with Crippen LogP contribution in [0.25, 0.3) is 0 Å². The molecule has 10 heteroatoms. The molecule has 0 spiro atoms. The molecule has 0 aromatic heterocycles. The molecule has 0 aliphatic rings. The average Bonchev–Trinajstić information content (AvgIpc) is 2.91. The van der Waals surface area contributed by atoms with E-state index in [9.17, 15) is 18.0 Å². The molecule has 202 valence electrons. The van der Waals surface area contributed by atoms with Gasteiger partial charge in [-0.3, -0.25) is 13.9 Å². The minimum Gasteiger partial charge on any atom is -0.354 e. The quantitative estimate of drug-likeness (QED) is 0.288. The zero-order valence-corrected chi connectivity index (χ0v) is 23.6. The molecular formula is C28H31Cl2N3O4S. The Balaban J connectivity index is 1.98. The summed E-state index contributed by atoms with van der Waals surface area (Å²) in [7, 11) is -4.13. The Labute approximate surface area is 234 Å². The van der Waals surface area contributed by atoms with Gasteiger partial charge in [-0.2, -0.15) is 0 Å². The second-order valence-electron chi connectivity index (χ2n) is 8.77. The minimum absolute atomic E-state index is 0.0300. The summed E-state index contributed by atoms with van der Waals surface area (Å²) in [6.45, 7) is 3.69. The van der Waals surface area contributed by atoms with Gasteiger partial charge in [0, 0.05) is 23.1 Å². The monoisotopic (exact) mass is 575 g/mol. The summed E-state index contributed by atoms with van der Waals surface area (Å²) >= 11 is 12.2. The van der Waals surface area contributed by atoms with Gasteiger partial charge in [0.2, 0.25) is 11.8 Å². The van der Waals surface area contributed by atoms with Crippen molar-refractivity contribution in [3.8, 4) is 0 Å². The van der Waals surface area contributed by atoms with Crippen molar-refractivity contribution in [3.05, 3.63) is 94.5 Å². The molecule has 0 saturated carbocycles. The van der Waals surface area contributed by atoms with Crippen LogP contribution in [-0.4, -0.2) is 44.3 Å². The van der Waals surface area contributed by atoms with E-state index in [1.165, 1.54) is 23.1 Å². The highest BCUT2D eigenvalue weighted by Crippen LogP contribution is 2.27. The lowest BCUT2D eigenvalue weighted by Crippen LogP contribution is -2.51. The van der Waals surface area contributed by atoms with E-state index in [-0.39, 0.29) is 23.0 Å². The summed E-state index contributed by atoms with van der Waals surface area (Å²) in [6.07, 6.45) is 1.72. The Morgan fingerprint density at radius 1 is 0.921 bits per heavy atom. The maximum absolute atomic E-state index is 13.8. The fraction of sp³-hybridized carbons (Fsp3) is 0.286. The van der Waals surface area contributed by atoms with Gasteiger partial charge in [-0.1, -0.05) is 72.9 Å². The molecular weight excluding hydrogens is 545 g/mol. The molecule has 3 aromatic carbocycles. The molecule has 0 radical (unpaired) electrons. The van der Waals surface area contributed by atoms with Crippen LogP contribution in [0, 0.1) is 0 Å². The summed E-state index contributed by atoms with van der Waals surface area (Å²) in [4.78, 5) is 28.2. The van der Waals surface area contributed by atoms with Gasteiger partial charge < -0.3 is 10.2 Å². The van der Waals surface area contributed by atoms with Crippen molar-refractivity contribution in [1.29, 1.82) is 0 Å². The molecule has 3 rings (SSSR count). The molecule has 0 aliphatic heterocycles. The molecule has 1 atom stereocenters. The number of anilines is 1. The smallest absolute Gasteiger partial charge is 0.264 e. The normalized spacial score (nSPS) is 12.0. The van der Waals surface area contributed by atoms with E-state index >= 15 is 0 Å². The zero-order valence-electron chi connectivity index (χ0n) is 21.3. The van der Waals surface area contributed by atoms with Crippen LogP contribution in [0.4, 0.5) is 5.69 Å².